The number of hydrogen-bond donors (Lipinski definition) is 1. The quantitative estimate of drug-likeness (QED) is 0.654. The lowest BCUT2D eigenvalue weighted by Gasteiger charge is -2.13. The molecule has 1 N–H and O–H groups in total. The highest BCUT2D eigenvalue weighted by atomic mass is 16.5. The maximum atomic E-state index is 12.5. The fourth-order valence-electron chi connectivity index (χ4n) is 2.57. The molecule has 0 spiro atoms. The number of benzene rings is 2. The molecule has 0 radical (unpaired) electrons. The standard InChI is InChI=1S/C20H22O3/c1-5-15-6-8-16(9-7-15)10-11-17(21)18-19(22)13(2)12-14(3)20(18)23-4/h6-12,22H,5H2,1-4H3/b11-10+. The van der Waals surface area contributed by atoms with Gasteiger partial charge in [0.15, 0.2) is 5.78 Å². The predicted octanol–water partition coefficient (Wildman–Crippen LogP) is 4.48. The van der Waals surface area contributed by atoms with Gasteiger partial charge < -0.3 is 9.84 Å². The van der Waals surface area contributed by atoms with E-state index in [4.69, 9.17) is 4.74 Å². The molecule has 3 heteroatoms. The summed E-state index contributed by atoms with van der Waals surface area (Å²) in [5, 5.41) is 10.2. The molecule has 0 saturated carbocycles. The van der Waals surface area contributed by atoms with E-state index >= 15 is 0 Å². The Morgan fingerprint density at radius 3 is 2.39 bits per heavy atom. The molecule has 0 aromatic heterocycles. The van der Waals surface area contributed by atoms with E-state index in [1.807, 2.05) is 31.2 Å². The molecule has 0 atom stereocenters. The molecule has 120 valence electrons. The van der Waals surface area contributed by atoms with Gasteiger partial charge in [0.2, 0.25) is 0 Å². The van der Waals surface area contributed by atoms with Gasteiger partial charge in [0, 0.05) is 0 Å². The maximum Gasteiger partial charge on any atom is 0.193 e. The number of ether oxygens (including phenoxy) is 1. The molecule has 0 fully saturated rings. The molecule has 0 aliphatic carbocycles. The fourth-order valence-corrected chi connectivity index (χ4v) is 2.57. The van der Waals surface area contributed by atoms with Crippen LogP contribution in [0.15, 0.2) is 36.4 Å². The van der Waals surface area contributed by atoms with E-state index in [0.717, 1.165) is 17.5 Å². The van der Waals surface area contributed by atoms with Crippen molar-refractivity contribution in [2.45, 2.75) is 27.2 Å². The van der Waals surface area contributed by atoms with Crippen LogP contribution in [-0.2, 0) is 6.42 Å². The molecular weight excluding hydrogens is 288 g/mol. The van der Waals surface area contributed by atoms with Crippen LogP contribution in [-0.4, -0.2) is 18.0 Å². The van der Waals surface area contributed by atoms with Crippen LogP contribution in [0, 0.1) is 13.8 Å². The van der Waals surface area contributed by atoms with Crippen LogP contribution >= 0.6 is 0 Å². The van der Waals surface area contributed by atoms with Gasteiger partial charge in [0.1, 0.15) is 17.1 Å². The molecule has 0 heterocycles. The van der Waals surface area contributed by atoms with Crippen molar-refractivity contribution >= 4 is 11.9 Å². The topological polar surface area (TPSA) is 46.5 Å². The van der Waals surface area contributed by atoms with E-state index in [9.17, 15) is 9.90 Å². The molecule has 0 amide bonds. The Morgan fingerprint density at radius 1 is 1.17 bits per heavy atom. The van der Waals surface area contributed by atoms with Crippen molar-refractivity contribution in [3.05, 3.63) is 64.2 Å². The van der Waals surface area contributed by atoms with Crippen LogP contribution < -0.4 is 4.74 Å². The number of rotatable bonds is 5. The van der Waals surface area contributed by atoms with Crippen LogP contribution in [0.1, 0.15) is 39.5 Å². The monoisotopic (exact) mass is 310 g/mol. The smallest absolute Gasteiger partial charge is 0.193 e. The van der Waals surface area contributed by atoms with Gasteiger partial charge in [-0.2, -0.15) is 0 Å². The van der Waals surface area contributed by atoms with Crippen LogP contribution in [0.3, 0.4) is 0 Å². The number of aryl methyl sites for hydroxylation is 3. The summed E-state index contributed by atoms with van der Waals surface area (Å²) in [4.78, 5) is 12.5. The zero-order valence-corrected chi connectivity index (χ0v) is 14.0. The highest BCUT2D eigenvalue weighted by Crippen LogP contribution is 2.34. The fraction of sp³-hybridized carbons (Fsp3) is 0.250. The Kier molecular flexibility index (Phi) is 5.22. The van der Waals surface area contributed by atoms with Crippen molar-refractivity contribution in [1.29, 1.82) is 0 Å². The Hall–Kier alpha value is -2.55. The Labute approximate surface area is 137 Å². The van der Waals surface area contributed by atoms with Gasteiger partial charge in [-0.05, 0) is 54.7 Å². The van der Waals surface area contributed by atoms with Crippen molar-refractivity contribution < 1.29 is 14.6 Å². The van der Waals surface area contributed by atoms with E-state index in [2.05, 4.69) is 6.92 Å². The molecule has 2 aromatic carbocycles. The lowest BCUT2D eigenvalue weighted by molar-refractivity contribution is 0.104. The SMILES string of the molecule is CCc1ccc(/C=C/C(=O)c2c(O)c(C)cc(C)c2OC)cc1. The number of ketones is 1. The second-order valence-electron chi connectivity index (χ2n) is 5.56. The first-order valence-corrected chi connectivity index (χ1v) is 7.66. The second-order valence-corrected chi connectivity index (χ2v) is 5.56. The minimum absolute atomic E-state index is 0.0246. The summed E-state index contributed by atoms with van der Waals surface area (Å²) < 4.78 is 5.30. The van der Waals surface area contributed by atoms with Crippen LogP contribution in [0.4, 0.5) is 0 Å². The Balaban J connectivity index is 2.35. The molecule has 0 saturated heterocycles. The van der Waals surface area contributed by atoms with Gasteiger partial charge in [-0.25, -0.2) is 0 Å². The zero-order valence-electron chi connectivity index (χ0n) is 14.0. The lowest BCUT2D eigenvalue weighted by atomic mass is 9.99. The molecule has 0 unspecified atom stereocenters. The molecule has 2 rings (SSSR count). The van der Waals surface area contributed by atoms with Crippen molar-refractivity contribution in [1.82, 2.24) is 0 Å². The first-order valence-electron chi connectivity index (χ1n) is 7.66. The van der Waals surface area contributed by atoms with Gasteiger partial charge in [-0.15, -0.1) is 0 Å². The normalized spacial score (nSPS) is 11.0. The second kappa shape index (κ2) is 7.14. The summed E-state index contributed by atoms with van der Waals surface area (Å²) in [6.45, 7) is 5.73. The predicted molar refractivity (Wildman–Crippen MR) is 93.3 cm³/mol. The molecule has 0 aliphatic rings. The Morgan fingerprint density at radius 2 is 1.83 bits per heavy atom. The van der Waals surface area contributed by atoms with Gasteiger partial charge in [-0.1, -0.05) is 37.3 Å². The molecule has 0 aliphatic heterocycles. The third-order valence-electron chi connectivity index (χ3n) is 3.89. The van der Waals surface area contributed by atoms with Gasteiger partial charge in [-0.3, -0.25) is 4.79 Å². The van der Waals surface area contributed by atoms with Gasteiger partial charge in [0.05, 0.1) is 7.11 Å². The minimum Gasteiger partial charge on any atom is -0.507 e. The van der Waals surface area contributed by atoms with Crippen LogP contribution in [0.25, 0.3) is 6.08 Å². The largest absolute Gasteiger partial charge is 0.507 e. The van der Waals surface area contributed by atoms with E-state index in [-0.39, 0.29) is 17.1 Å². The van der Waals surface area contributed by atoms with Crippen molar-refractivity contribution in [2.24, 2.45) is 0 Å². The maximum absolute atomic E-state index is 12.5. The third kappa shape index (κ3) is 3.62. The van der Waals surface area contributed by atoms with Gasteiger partial charge in [0.25, 0.3) is 0 Å². The van der Waals surface area contributed by atoms with E-state index in [1.165, 1.54) is 18.7 Å². The molecule has 2 aromatic rings. The summed E-state index contributed by atoms with van der Waals surface area (Å²) in [6, 6.07) is 9.83. The highest BCUT2D eigenvalue weighted by Gasteiger charge is 2.19. The van der Waals surface area contributed by atoms with Crippen LogP contribution in [0.2, 0.25) is 0 Å². The van der Waals surface area contributed by atoms with E-state index in [1.54, 1.807) is 19.1 Å². The number of hydrogen-bond acceptors (Lipinski definition) is 3. The Bertz CT molecular complexity index is 740. The first kappa shape index (κ1) is 16.8. The molecule has 3 nitrogen and oxygen atoms in total. The van der Waals surface area contributed by atoms with E-state index in [0.29, 0.717) is 11.3 Å². The number of carbonyl (C=O) groups excluding carboxylic acids is 1. The number of phenolic OH excluding ortho intramolecular Hbond substituents is 1. The number of phenols is 1. The summed E-state index contributed by atoms with van der Waals surface area (Å²) in [5.41, 5.74) is 3.89. The number of methoxy groups -OCH3 is 1. The van der Waals surface area contributed by atoms with Crippen molar-refractivity contribution in [3.8, 4) is 11.5 Å². The van der Waals surface area contributed by atoms with Crippen LogP contribution in [0.5, 0.6) is 11.5 Å². The van der Waals surface area contributed by atoms with E-state index < -0.39 is 0 Å². The summed E-state index contributed by atoms with van der Waals surface area (Å²) in [5.74, 6) is 0.123. The molecule has 0 bridgehead atoms. The number of carbonyl (C=O) groups is 1. The summed E-state index contributed by atoms with van der Waals surface area (Å²) in [7, 11) is 1.50. The third-order valence-corrected chi connectivity index (χ3v) is 3.89. The average Bonchev–Trinajstić information content (AvgIpc) is 2.56. The van der Waals surface area contributed by atoms with Crippen molar-refractivity contribution in [2.75, 3.05) is 7.11 Å². The first-order chi connectivity index (χ1) is 11.0. The molecular formula is C20H22O3. The highest BCUT2D eigenvalue weighted by molar-refractivity contribution is 6.11. The summed E-state index contributed by atoms with van der Waals surface area (Å²) >= 11 is 0. The lowest BCUT2D eigenvalue weighted by Crippen LogP contribution is -2.03. The molecule has 23 heavy (non-hydrogen) atoms. The van der Waals surface area contributed by atoms with Crippen molar-refractivity contribution in [3.63, 3.8) is 0 Å². The number of aromatic hydroxyl groups is 1. The minimum atomic E-state index is -0.272. The summed E-state index contributed by atoms with van der Waals surface area (Å²) in [6.07, 6.45) is 4.20. The zero-order chi connectivity index (χ0) is 17.0. The van der Waals surface area contributed by atoms with Gasteiger partial charge >= 0.3 is 0 Å². The average molecular weight is 310 g/mol. The number of allylic oxidation sites excluding steroid dienone is 1.